The highest BCUT2D eigenvalue weighted by atomic mass is 16.5. The number of amides is 2. The smallest absolute Gasteiger partial charge is 0.225 e. The molecule has 0 bridgehead atoms. The summed E-state index contributed by atoms with van der Waals surface area (Å²) in [6, 6.07) is 0. The summed E-state index contributed by atoms with van der Waals surface area (Å²) in [5.41, 5.74) is 0. The second-order valence-corrected chi connectivity index (χ2v) is 7.21. The van der Waals surface area contributed by atoms with Gasteiger partial charge in [0.1, 0.15) is 0 Å². The molecule has 5 nitrogen and oxygen atoms in total. The van der Waals surface area contributed by atoms with Crippen molar-refractivity contribution in [3.05, 3.63) is 0 Å². The summed E-state index contributed by atoms with van der Waals surface area (Å²) in [6.45, 7) is 5.77. The molecule has 1 aliphatic carbocycles. The van der Waals surface area contributed by atoms with E-state index in [0.717, 1.165) is 51.8 Å². The fourth-order valence-electron chi connectivity index (χ4n) is 3.85. The highest BCUT2D eigenvalue weighted by Gasteiger charge is 2.29. The Morgan fingerprint density at radius 1 is 1.08 bits per heavy atom. The van der Waals surface area contributed by atoms with Gasteiger partial charge in [-0.1, -0.05) is 19.3 Å². The first kappa shape index (κ1) is 19.2. The van der Waals surface area contributed by atoms with Crippen LogP contribution in [0.5, 0.6) is 0 Å². The van der Waals surface area contributed by atoms with Crippen molar-refractivity contribution in [2.45, 2.75) is 64.7 Å². The highest BCUT2D eigenvalue weighted by molar-refractivity contribution is 5.79. The number of hydrogen-bond donors (Lipinski definition) is 1. The lowest BCUT2D eigenvalue weighted by molar-refractivity contribution is -0.138. The predicted molar refractivity (Wildman–Crippen MR) is 94.6 cm³/mol. The van der Waals surface area contributed by atoms with Crippen LogP contribution in [0.25, 0.3) is 0 Å². The van der Waals surface area contributed by atoms with Crippen LogP contribution in [-0.4, -0.2) is 49.6 Å². The molecule has 0 unspecified atom stereocenters. The highest BCUT2D eigenvalue weighted by Crippen LogP contribution is 2.28. The number of nitrogens with one attached hydrogen (secondary N) is 1. The fraction of sp³-hybridized carbons (Fsp3) is 0.895. The molecule has 0 aromatic rings. The summed E-state index contributed by atoms with van der Waals surface area (Å²) in [5.74, 6) is 1.20. The van der Waals surface area contributed by atoms with Crippen molar-refractivity contribution >= 4 is 11.8 Å². The molecule has 138 valence electrons. The molecule has 1 saturated carbocycles. The van der Waals surface area contributed by atoms with E-state index in [1.807, 2.05) is 11.8 Å². The molecule has 2 aliphatic rings. The normalized spacial score (nSPS) is 20.1. The van der Waals surface area contributed by atoms with E-state index in [2.05, 4.69) is 5.32 Å². The van der Waals surface area contributed by atoms with Crippen LogP contribution in [0.15, 0.2) is 0 Å². The average Bonchev–Trinajstić information content (AvgIpc) is 2.62. The van der Waals surface area contributed by atoms with Crippen LogP contribution in [0, 0.1) is 11.8 Å². The minimum atomic E-state index is 0.142. The first-order chi connectivity index (χ1) is 11.7. The zero-order valence-corrected chi connectivity index (χ0v) is 15.2. The van der Waals surface area contributed by atoms with Gasteiger partial charge < -0.3 is 15.0 Å². The molecule has 5 heteroatoms. The largest absolute Gasteiger partial charge is 0.382 e. The molecule has 0 atom stereocenters. The number of carbonyl (C=O) groups is 2. The zero-order valence-electron chi connectivity index (χ0n) is 15.2. The van der Waals surface area contributed by atoms with Crippen molar-refractivity contribution in [1.82, 2.24) is 10.2 Å². The van der Waals surface area contributed by atoms with Gasteiger partial charge in [0.2, 0.25) is 11.8 Å². The van der Waals surface area contributed by atoms with Gasteiger partial charge in [0, 0.05) is 45.2 Å². The van der Waals surface area contributed by atoms with Gasteiger partial charge in [-0.3, -0.25) is 9.59 Å². The Kier molecular flexibility index (Phi) is 8.57. The number of carbonyl (C=O) groups excluding carboxylic acids is 2. The van der Waals surface area contributed by atoms with Gasteiger partial charge in [-0.15, -0.1) is 0 Å². The van der Waals surface area contributed by atoms with Gasteiger partial charge in [-0.2, -0.15) is 0 Å². The molecular formula is C19H34N2O3. The van der Waals surface area contributed by atoms with E-state index in [-0.39, 0.29) is 11.8 Å². The van der Waals surface area contributed by atoms with Gasteiger partial charge in [-0.05, 0) is 44.9 Å². The minimum absolute atomic E-state index is 0.142. The number of piperidine rings is 1. The quantitative estimate of drug-likeness (QED) is 0.692. The van der Waals surface area contributed by atoms with Crippen molar-refractivity contribution in [3.63, 3.8) is 0 Å². The Morgan fingerprint density at radius 3 is 2.46 bits per heavy atom. The third-order valence-corrected chi connectivity index (χ3v) is 5.35. The summed E-state index contributed by atoms with van der Waals surface area (Å²) in [5, 5.41) is 2.98. The minimum Gasteiger partial charge on any atom is -0.382 e. The van der Waals surface area contributed by atoms with Gasteiger partial charge >= 0.3 is 0 Å². The van der Waals surface area contributed by atoms with Crippen molar-refractivity contribution in [1.29, 1.82) is 0 Å². The van der Waals surface area contributed by atoms with E-state index in [0.29, 0.717) is 31.4 Å². The molecule has 2 fully saturated rings. The monoisotopic (exact) mass is 338 g/mol. The lowest BCUT2D eigenvalue weighted by atomic mass is 9.87. The molecule has 1 aliphatic heterocycles. The van der Waals surface area contributed by atoms with Crippen LogP contribution >= 0.6 is 0 Å². The number of rotatable bonds is 8. The molecule has 2 amide bonds. The van der Waals surface area contributed by atoms with Gasteiger partial charge in [0.25, 0.3) is 0 Å². The third-order valence-electron chi connectivity index (χ3n) is 5.35. The second-order valence-electron chi connectivity index (χ2n) is 7.21. The molecule has 0 spiro atoms. The van der Waals surface area contributed by atoms with Crippen molar-refractivity contribution in [3.8, 4) is 0 Å². The third kappa shape index (κ3) is 6.42. The van der Waals surface area contributed by atoms with E-state index in [1.54, 1.807) is 0 Å². The van der Waals surface area contributed by atoms with Crippen molar-refractivity contribution in [2.75, 3.05) is 32.8 Å². The molecule has 1 heterocycles. The van der Waals surface area contributed by atoms with Gasteiger partial charge in [0.05, 0.1) is 0 Å². The summed E-state index contributed by atoms with van der Waals surface area (Å²) in [4.78, 5) is 26.6. The summed E-state index contributed by atoms with van der Waals surface area (Å²) >= 11 is 0. The molecule has 0 aromatic carbocycles. The van der Waals surface area contributed by atoms with Crippen LogP contribution < -0.4 is 5.32 Å². The standard InChI is InChI=1S/C19H34N2O3/c1-2-24-14-6-11-20-18(22)15-16-9-12-21(13-10-16)19(23)17-7-4-3-5-8-17/h16-17H,2-15H2,1H3,(H,20,22). The Labute approximate surface area is 146 Å². The Hall–Kier alpha value is -1.10. The molecule has 24 heavy (non-hydrogen) atoms. The van der Waals surface area contributed by atoms with E-state index < -0.39 is 0 Å². The van der Waals surface area contributed by atoms with Crippen LogP contribution in [0.4, 0.5) is 0 Å². The molecule has 1 saturated heterocycles. The van der Waals surface area contributed by atoms with Crippen LogP contribution in [0.2, 0.25) is 0 Å². The second kappa shape index (κ2) is 10.7. The van der Waals surface area contributed by atoms with E-state index in [4.69, 9.17) is 4.74 Å². The fourth-order valence-corrected chi connectivity index (χ4v) is 3.85. The zero-order chi connectivity index (χ0) is 17.2. The lowest BCUT2D eigenvalue weighted by Crippen LogP contribution is -2.43. The Bertz CT molecular complexity index is 386. The SMILES string of the molecule is CCOCCCNC(=O)CC1CCN(C(=O)C2CCCCC2)CC1. The number of hydrogen-bond acceptors (Lipinski definition) is 3. The molecule has 0 radical (unpaired) electrons. The lowest BCUT2D eigenvalue weighted by Gasteiger charge is -2.35. The van der Waals surface area contributed by atoms with E-state index in [9.17, 15) is 9.59 Å². The van der Waals surface area contributed by atoms with E-state index >= 15 is 0 Å². The van der Waals surface area contributed by atoms with Crippen LogP contribution in [-0.2, 0) is 14.3 Å². The first-order valence-electron chi connectivity index (χ1n) is 9.84. The average molecular weight is 338 g/mol. The van der Waals surface area contributed by atoms with Gasteiger partial charge in [-0.25, -0.2) is 0 Å². The molecule has 0 aromatic heterocycles. The van der Waals surface area contributed by atoms with Crippen LogP contribution in [0.3, 0.4) is 0 Å². The maximum absolute atomic E-state index is 12.5. The number of nitrogens with zero attached hydrogens (tertiary/aromatic N) is 1. The van der Waals surface area contributed by atoms with Crippen molar-refractivity contribution < 1.29 is 14.3 Å². The van der Waals surface area contributed by atoms with Crippen molar-refractivity contribution in [2.24, 2.45) is 11.8 Å². The summed E-state index contributed by atoms with van der Waals surface area (Å²) < 4.78 is 5.26. The topological polar surface area (TPSA) is 58.6 Å². The summed E-state index contributed by atoms with van der Waals surface area (Å²) in [6.07, 6.45) is 9.23. The maximum atomic E-state index is 12.5. The maximum Gasteiger partial charge on any atom is 0.225 e. The Morgan fingerprint density at radius 2 is 1.79 bits per heavy atom. The Balaban J connectivity index is 1.60. The number of ether oxygens (including phenoxy) is 1. The molecular weight excluding hydrogens is 304 g/mol. The molecule has 1 N–H and O–H groups in total. The van der Waals surface area contributed by atoms with Crippen LogP contribution in [0.1, 0.15) is 64.7 Å². The number of likely N-dealkylation sites (tertiary alicyclic amines) is 1. The first-order valence-corrected chi connectivity index (χ1v) is 9.84. The predicted octanol–water partition coefficient (Wildman–Crippen LogP) is 2.74. The summed E-state index contributed by atoms with van der Waals surface area (Å²) in [7, 11) is 0. The van der Waals surface area contributed by atoms with E-state index in [1.165, 1.54) is 19.3 Å². The molecule has 2 rings (SSSR count). The van der Waals surface area contributed by atoms with Gasteiger partial charge in [0.15, 0.2) is 0 Å².